The Morgan fingerprint density at radius 2 is 1.89 bits per heavy atom. The van der Waals surface area contributed by atoms with Gasteiger partial charge in [0.1, 0.15) is 9.84 Å². The molecule has 1 atom stereocenters. The number of rotatable bonds is 10. The molecule has 3 amide bonds. The van der Waals surface area contributed by atoms with E-state index >= 15 is 0 Å². The number of nitrogens with one attached hydrogen (secondary N) is 1. The van der Waals surface area contributed by atoms with Gasteiger partial charge in [-0.25, -0.2) is 13.4 Å². The van der Waals surface area contributed by atoms with E-state index in [1.54, 1.807) is 32.0 Å². The predicted octanol–water partition coefficient (Wildman–Crippen LogP) is 1.37. The molecule has 0 bridgehead atoms. The smallest absolute Gasteiger partial charge is 0.264 e. The van der Waals surface area contributed by atoms with Crippen LogP contribution >= 0.6 is 0 Å². The molecule has 0 unspecified atom stereocenters. The third kappa shape index (κ3) is 5.77. The van der Waals surface area contributed by atoms with Crippen LogP contribution in [-0.4, -0.2) is 87.3 Å². The molecule has 0 aliphatic carbocycles. The number of anilines is 1. The van der Waals surface area contributed by atoms with Crippen LogP contribution in [0.4, 0.5) is 5.69 Å². The average Bonchev–Trinajstić information content (AvgIpc) is 3.02. The number of nitrogens with zero attached hydrogens (tertiary/aromatic N) is 3. The van der Waals surface area contributed by atoms with Crippen LogP contribution < -0.4 is 14.8 Å². The van der Waals surface area contributed by atoms with Crippen molar-refractivity contribution in [3.8, 4) is 11.6 Å². The Kier molecular flexibility index (Phi) is 7.76. The monoisotopic (exact) mass is 504 g/mol. The van der Waals surface area contributed by atoms with E-state index in [1.165, 1.54) is 31.4 Å². The van der Waals surface area contributed by atoms with Gasteiger partial charge in [0, 0.05) is 6.26 Å². The van der Waals surface area contributed by atoms with Gasteiger partial charge in [0.25, 0.3) is 17.7 Å². The molecule has 0 saturated heterocycles. The van der Waals surface area contributed by atoms with E-state index in [-0.39, 0.29) is 47.4 Å². The fourth-order valence-corrected chi connectivity index (χ4v) is 4.66. The van der Waals surface area contributed by atoms with Crippen LogP contribution in [0.1, 0.15) is 39.4 Å². The number of benzene rings is 1. The molecule has 1 aromatic heterocycles. The first-order valence-electron chi connectivity index (χ1n) is 10.8. The Morgan fingerprint density at radius 1 is 1.17 bits per heavy atom. The minimum atomic E-state index is -3.66. The summed E-state index contributed by atoms with van der Waals surface area (Å²) in [6, 6.07) is 6.32. The number of methoxy groups -OCH3 is 1. The normalized spacial score (nSPS) is 14.2. The highest BCUT2D eigenvalue weighted by Gasteiger charge is 2.44. The fraction of sp³-hybridized carbons (Fsp3) is 0.391. The van der Waals surface area contributed by atoms with Crippen molar-refractivity contribution in [1.82, 2.24) is 14.8 Å². The lowest BCUT2D eigenvalue weighted by Gasteiger charge is -2.26. The molecule has 3 rings (SSSR count). The van der Waals surface area contributed by atoms with Crippen LogP contribution in [0.25, 0.3) is 0 Å². The van der Waals surface area contributed by atoms with Gasteiger partial charge in [-0.3, -0.25) is 19.3 Å². The second-order valence-electron chi connectivity index (χ2n) is 8.28. The van der Waals surface area contributed by atoms with E-state index in [0.29, 0.717) is 5.75 Å². The van der Waals surface area contributed by atoms with Gasteiger partial charge in [-0.1, -0.05) is 6.07 Å². The first-order valence-corrected chi connectivity index (χ1v) is 12.8. The largest absolute Gasteiger partial charge is 0.491 e. The second-order valence-corrected chi connectivity index (χ2v) is 10.5. The molecular formula is C23H28N4O7S. The van der Waals surface area contributed by atoms with Gasteiger partial charge < -0.3 is 19.7 Å². The first kappa shape index (κ1) is 26.1. The number of carbonyl (C=O) groups excluding carboxylic acids is 3. The molecule has 1 aliphatic heterocycles. The first-order chi connectivity index (χ1) is 16.5. The van der Waals surface area contributed by atoms with Crippen molar-refractivity contribution in [2.45, 2.75) is 13.0 Å². The van der Waals surface area contributed by atoms with Crippen LogP contribution in [0.3, 0.4) is 0 Å². The molecule has 0 fully saturated rings. The molecule has 2 heterocycles. The van der Waals surface area contributed by atoms with Gasteiger partial charge in [-0.05, 0) is 45.3 Å². The third-order valence-electron chi connectivity index (χ3n) is 5.14. The Bertz CT molecular complexity index is 1260. The van der Waals surface area contributed by atoms with Crippen molar-refractivity contribution in [3.63, 3.8) is 0 Å². The Balaban J connectivity index is 2.07. The van der Waals surface area contributed by atoms with E-state index in [1.807, 2.05) is 0 Å². The second kappa shape index (κ2) is 10.4. The quantitative estimate of drug-likeness (QED) is 0.476. The zero-order valence-corrected chi connectivity index (χ0v) is 21.0. The van der Waals surface area contributed by atoms with Gasteiger partial charge in [-0.15, -0.1) is 0 Å². The topological polar surface area (TPSA) is 135 Å². The minimum absolute atomic E-state index is 0.00153. The number of hydrogen-bond donors (Lipinski definition) is 1. The molecule has 1 aromatic carbocycles. The van der Waals surface area contributed by atoms with Crippen molar-refractivity contribution < 1.29 is 32.3 Å². The van der Waals surface area contributed by atoms with Gasteiger partial charge in [0.05, 0.1) is 54.6 Å². The standard InChI is InChI=1S/C23H28N4O7S/c1-6-34-21-18(33-4)11-10-15(25-21)17(13-35(5,31)32)27-22(29)14-8-7-9-16(20(14)23(27)30)24-19(28)12-26(2)3/h7-11,17H,6,12-13H2,1-5H3,(H,24,28)/t17-/m0/s1. The number of sulfone groups is 1. The van der Waals surface area contributed by atoms with Crippen LogP contribution in [0, 0.1) is 0 Å². The number of aromatic nitrogens is 1. The molecule has 0 saturated carbocycles. The predicted molar refractivity (Wildman–Crippen MR) is 129 cm³/mol. The van der Waals surface area contributed by atoms with Crippen LogP contribution in [0.5, 0.6) is 11.6 Å². The van der Waals surface area contributed by atoms with Crippen molar-refractivity contribution in [2.24, 2.45) is 0 Å². The fourth-order valence-electron chi connectivity index (χ4n) is 3.77. The third-order valence-corrected chi connectivity index (χ3v) is 6.06. The SMILES string of the molecule is CCOc1nc([C@H](CS(C)(=O)=O)N2C(=O)c3cccc(NC(=O)CN(C)C)c3C2=O)ccc1OC. The van der Waals surface area contributed by atoms with Crippen LogP contribution in [0.2, 0.25) is 0 Å². The number of hydrogen-bond acceptors (Lipinski definition) is 9. The molecule has 188 valence electrons. The van der Waals surface area contributed by atoms with E-state index < -0.39 is 33.4 Å². The summed E-state index contributed by atoms with van der Waals surface area (Å²) in [5, 5.41) is 2.66. The Morgan fingerprint density at radius 3 is 2.49 bits per heavy atom. The van der Waals surface area contributed by atoms with Gasteiger partial charge in [-0.2, -0.15) is 0 Å². The van der Waals surface area contributed by atoms with E-state index in [4.69, 9.17) is 9.47 Å². The molecule has 11 nitrogen and oxygen atoms in total. The van der Waals surface area contributed by atoms with Crippen LogP contribution in [-0.2, 0) is 14.6 Å². The maximum atomic E-state index is 13.5. The maximum absolute atomic E-state index is 13.5. The number of ether oxygens (including phenoxy) is 2. The lowest BCUT2D eigenvalue weighted by atomic mass is 10.1. The van der Waals surface area contributed by atoms with Crippen molar-refractivity contribution in [2.75, 3.05) is 51.7 Å². The van der Waals surface area contributed by atoms with E-state index in [0.717, 1.165) is 11.2 Å². The highest BCUT2D eigenvalue weighted by atomic mass is 32.2. The number of pyridine rings is 1. The summed E-state index contributed by atoms with van der Waals surface area (Å²) in [5.41, 5.74) is 0.384. The number of amides is 3. The average molecular weight is 505 g/mol. The number of fused-ring (bicyclic) bond motifs is 1. The molecule has 12 heteroatoms. The summed E-state index contributed by atoms with van der Waals surface area (Å²) < 4.78 is 35.4. The highest BCUT2D eigenvalue weighted by Crippen LogP contribution is 2.37. The van der Waals surface area contributed by atoms with E-state index in [2.05, 4.69) is 10.3 Å². The summed E-state index contributed by atoms with van der Waals surface area (Å²) in [4.78, 5) is 46.1. The Hall–Kier alpha value is -3.51. The summed E-state index contributed by atoms with van der Waals surface area (Å²) in [5.74, 6) is -1.90. The molecule has 1 N–H and O–H groups in total. The molecule has 0 radical (unpaired) electrons. The zero-order chi connectivity index (χ0) is 25.9. The highest BCUT2D eigenvalue weighted by molar-refractivity contribution is 7.90. The molecule has 1 aliphatic rings. The van der Waals surface area contributed by atoms with Gasteiger partial charge in [0.2, 0.25) is 5.91 Å². The van der Waals surface area contributed by atoms with Gasteiger partial charge in [0.15, 0.2) is 5.75 Å². The van der Waals surface area contributed by atoms with Crippen LogP contribution in [0.15, 0.2) is 30.3 Å². The Labute approximate surface area is 203 Å². The zero-order valence-electron chi connectivity index (χ0n) is 20.2. The maximum Gasteiger partial charge on any atom is 0.264 e. The summed E-state index contributed by atoms with van der Waals surface area (Å²) in [6.07, 6.45) is 1.01. The molecule has 35 heavy (non-hydrogen) atoms. The van der Waals surface area contributed by atoms with Crippen molar-refractivity contribution in [3.05, 3.63) is 47.2 Å². The van der Waals surface area contributed by atoms with Gasteiger partial charge >= 0.3 is 0 Å². The summed E-state index contributed by atoms with van der Waals surface area (Å²) in [6.45, 7) is 2.09. The summed E-state index contributed by atoms with van der Waals surface area (Å²) in [7, 11) is 1.22. The number of carbonyl (C=O) groups is 3. The molecular weight excluding hydrogens is 476 g/mol. The van der Waals surface area contributed by atoms with Crippen molar-refractivity contribution in [1.29, 1.82) is 0 Å². The molecule has 0 spiro atoms. The van der Waals surface area contributed by atoms with E-state index in [9.17, 15) is 22.8 Å². The van der Waals surface area contributed by atoms with Crippen molar-refractivity contribution >= 4 is 33.2 Å². The summed E-state index contributed by atoms with van der Waals surface area (Å²) >= 11 is 0. The molecule has 2 aromatic rings. The minimum Gasteiger partial charge on any atom is -0.491 e. The number of imide groups is 1. The number of likely N-dealkylation sites (N-methyl/N-ethyl adjacent to an activating group) is 1. The lowest BCUT2D eigenvalue weighted by Crippen LogP contribution is -2.38. The lowest BCUT2D eigenvalue weighted by molar-refractivity contribution is -0.116.